The fraction of sp³-hybridized carbons (Fsp3) is 0.524. The van der Waals surface area contributed by atoms with Crippen LogP contribution in [0.15, 0.2) is 30.3 Å². The summed E-state index contributed by atoms with van der Waals surface area (Å²) < 4.78 is 15.6. The van der Waals surface area contributed by atoms with Crippen molar-refractivity contribution in [2.45, 2.75) is 71.8 Å². The Morgan fingerprint density at radius 3 is 1.63 bits per heavy atom. The molecule has 0 fully saturated rings. The van der Waals surface area contributed by atoms with Gasteiger partial charge in [0, 0.05) is 6.92 Å². The standard InChI is InChI=1S/C21H29NO8/c1-13(23)28-16(17(24)25)15(14-11-9-8-10-12-14)22(18(26)29-20(2,3)4)19(27)30-21(5,6)7/h8-12,15-16H,1-7H3,(H,24,25)/t15-,16-/m0/s1. The zero-order chi connectivity index (χ0) is 23.3. The zero-order valence-electron chi connectivity index (χ0n) is 18.3. The van der Waals surface area contributed by atoms with Gasteiger partial charge in [-0.3, -0.25) is 4.79 Å². The Bertz CT molecular complexity index is 748. The van der Waals surface area contributed by atoms with Gasteiger partial charge in [0.25, 0.3) is 0 Å². The normalized spacial score (nSPS) is 13.6. The lowest BCUT2D eigenvalue weighted by molar-refractivity contribution is -0.167. The van der Waals surface area contributed by atoms with Crippen molar-refractivity contribution in [1.82, 2.24) is 4.90 Å². The van der Waals surface area contributed by atoms with Gasteiger partial charge in [-0.25, -0.2) is 19.3 Å². The van der Waals surface area contributed by atoms with Crippen LogP contribution < -0.4 is 0 Å². The van der Waals surface area contributed by atoms with Crippen LogP contribution in [0.25, 0.3) is 0 Å². The molecule has 0 aliphatic rings. The molecule has 2 atom stereocenters. The average molecular weight is 423 g/mol. The van der Waals surface area contributed by atoms with E-state index in [1.54, 1.807) is 59.7 Å². The van der Waals surface area contributed by atoms with Crippen molar-refractivity contribution >= 4 is 24.1 Å². The van der Waals surface area contributed by atoms with E-state index >= 15 is 0 Å². The van der Waals surface area contributed by atoms with Crippen molar-refractivity contribution in [2.75, 3.05) is 0 Å². The van der Waals surface area contributed by atoms with E-state index in [0.29, 0.717) is 4.90 Å². The number of carboxylic acid groups (broad SMARTS) is 1. The fourth-order valence-electron chi connectivity index (χ4n) is 2.46. The molecule has 1 N–H and O–H groups in total. The molecule has 0 unspecified atom stereocenters. The second-order valence-corrected chi connectivity index (χ2v) is 8.55. The molecule has 0 radical (unpaired) electrons. The molecule has 166 valence electrons. The van der Waals surface area contributed by atoms with E-state index in [9.17, 15) is 24.3 Å². The van der Waals surface area contributed by atoms with Gasteiger partial charge in [-0.15, -0.1) is 0 Å². The molecule has 9 nitrogen and oxygen atoms in total. The summed E-state index contributed by atoms with van der Waals surface area (Å²) in [7, 11) is 0. The van der Waals surface area contributed by atoms with Crippen LogP contribution in [0.4, 0.5) is 9.59 Å². The molecule has 0 aromatic heterocycles. The molecule has 0 saturated heterocycles. The van der Waals surface area contributed by atoms with Crippen LogP contribution in [0.1, 0.15) is 60.1 Å². The van der Waals surface area contributed by atoms with Crippen LogP contribution in [0.5, 0.6) is 0 Å². The van der Waals surface area contributed by atoms with E-state index in [1.807, 2.05) is 0 Å². The van der Waals surface area contributed by atoms with Crippen molar-refractivity contribution in [1.29, 1.82) is 0 Å². The number of carbonyl (C=O) groups is 4. The number of amides is 2. The number of imide groups is 1. The average Bonchev–Trinajstić information content (AvgIpc) is 2.54. The summed E-state index contributed by atoms with van der Waals surface area (Å²) in [6.45, 7) is 10.6. The second-order valence-electron chi connectivity index (χ2n) is 8.55. The molecular weight excluding hydrogens is 394 g/mol. The molecular formula is C21H29NO8. The summed E-state index contributed by atoms with van der Waals surface area (Å²) in [4.78, 5) is 50.0. The minimum absolute atomic E-state index is 0.239. The van der Waals surface area contributed by atoms with E-state index in [4.69, 9.17) is 14.2 Å². The number of hydrogen-bond acceptors (Lipinski definition) is 7. The summed E-state index contributed by atoms with van der Waals surface area (Å²) in [5.74, 6) is -2.44. The van der Waals surface area contributed by atoms with E-state index < -0.39 is 47.5 Å². The highest BCUT2D eigenvalue weighted by molar-refractivity contribution is 5.90. The molecule has 1 aromatic rings. The van der Waals surface area contributed by atoms with Gasteiger partial charge in [0.1, 0.15) is 17.2 Å². The minimum atomic E-state index is -1.88. The van der Waals surface area contributed by atoms with Crippen molar-refractivity contribution in [3.63, 3.8) is 0 Å². The minimum Gasteiger partial charge on any atom is -0.478 e. The number of aliphatic carboxylic acids is 1. The second kappa shape index (κ2) is 9.60. The fourth-order valence-corrected chi connectivity index (χ4v) is 2.46. The summed E-state index contributed by atoms with van der Waals surface area (Å²) in [6, 6.07) is 6.34. The first-order valence-corrected chi connectivity index (χ1v) is 9.32. The molecule has 30 heavy (non-hydrogen) atoms. The Morgan fingerprint density at radius 1 is 0.867 bits per heavy atom. The topological polar surface area (TPSA) is 119 Å². The maximum Gasteiger partial charge on any atom is 0.420 e. The predicted octanol–water partition coefficient (Wildman–Crippen LogP) is 3.92. The van der Waals surface area contributed by atoms with E-state index in [2.05, 4.69) is 0 Å². The van der Waals surface area contributed by atoms with Crippen molar-refractivity contribution in [3.8, 4) is 0 Å². The Kier molecular flexibility index (Phi) is 7.98. The molecule has 2 amide bonds. The monoisotopic (exact) mass is 423 g/mol. The third-order valence-electron chi connectivity index (χ3n) is 3.42. The Hall–Kier alpha value is -3.10. The maximum absolute atomic E-state index is 13.0. The first-order chi connectivity index (χ1) is 13.6. The maximum atomic E-state index is 13.0. The lowest BCUT2D eigenvalue weighted by atomic mass is 9.99. The highest BCUT2D eigenvalue weighted by atomic mass is 16.6. The number of rotatable bonds is 5. The molecule has 9 heteroatoms. The molecule has 1 rings (SSSR count). The number of benzene rings is 1. The van der Waals surface area contributed by atoms with Crippen LogP contribution in [-0.2, 0) is 23.8 Å². The number of carboxylic acids is 1. The van der Waals surface area contributed by atoms with Crippen LogP contribution in [0.3, 0.4) is 0 Å². The van der Waals surface area contributed by atoms with E-state index in [0.717, 1.165) is 6.92 Å². The molecule has 1 aromatic carbocycles. The van der Waals surface area contributed by atoms with Crippen LogP contribution in [0.2, 0.25) is 0 Å². The van der Waals surface area contributed by atoms with Gasteiger partial charge in [0.05, 0.1) is 0 Å². The molecule has 0 heterocycles. The third-order valence-corrected chi connectivity index (χ3v) is 3.42. The van der Waals surface area contributed by atoms with Gasteiger partial charge in [-0.1, -0.05) is 30.3 Å². The third kappa shape index (κ3) is 7.73. The highest BCUT2D eigenvalue weighted by Crippen LogP contribution is 2.30. The summed E-state index contributed by atoms with van der Waals surface area (Å²) in [5.41, 5.74) is -1.74. The molecule has 0 saturated carbocycles. The lowest BCUT2D eigenvalue weighted by Crippen LogP contribution is -2.51. The zero-order valence-corrected chi connectivity index (χ0v) is 18.3. The van der Waals surface area contributed by atoms with Crippen molar-refractivity contribution < 1.29 is 38.5 Å². The number of nitrogens with zero attached hydrogens (tertiary/aromatic N) is 1. The number of esters is 1. The highest BCUT2D eigenvalue weighted by Gasteiger charge is 2.45. The van der Waals surface area contributed by atoms with Crippen molar-refractivity contribution in [2.24, 2.45) is 0 Å². The summed E-state index contributed by atoms with van der Waals surface area (Å²) >= 11 is 0. The van der Waals surface area contributed by atoms with Crippen LogP contribution in [0, 0.1) is 0 Å². The number of hydrogen-bond donors (Lipinski definition) is 1. The van der Waals surface area contributed by atoms with Gasteiger partial charge in [-0.2, -0.15) is 0 Å². The summed E-state index contributed by atoms with van der Waals surface area (Å²) in [5, 5.41) is 9.72. The Balaban J connectivity index is 3.64. The van der Waals surface area contributed by atoms with Gasteiger partial charge in [0.2, 0.25) is 6.10 Å². The van der Waals surface area contributed by atoms with Gasteiger partial charge in [-0.05, 0) is 47.1 Å². The van der Waals surface area contributed by atoms with Crippen LogP contribution in [-0.4, -0.2) is 51.4 Å². The largest absolute Gasteiger partial charge is 0.478 e. The molecule has 0 aliphatic heterocycles. The number of ether oxygens (including phenoxy) is 3. The van der Waals surface area contributed by atoms with Gasteiger partial charge >= 0.3 is 24.1 Å². The quantitative estimate of drug-likeness (QED) is 0.559. The van der Waals surface area contributed by atoms with Crippen LogP contribution >= 0.6 is 0 Å². The Labute approximate surface area is 175 Å². The smallest absolute Gasteiger partial charge is 0.420 e. The first kappa shape index (κ1) is 24.9. The molecule has 0 spiro atoms. The summed E-state index contributed by atoms with van der Waals surface area (Å²) in [6.07, 6.45) is -4.15. The Morgan fingerprint density at radius 2 is 1.30 bits per heavy atom. The van der Waals surface area contributed by atoms with Gasteiger partial charge < -0.3 is 19.3 Å². The first-order valence-electron chi connectivity index (χ1n) is 9.32. The molecule has 0 bridgehead atoms. The lowest BCUT2D eigenvalue weighted by Gasteiger charge is -2.35. The van der Waals surface area contributed by atoms with Gasteiger partial charge in [0.15, 0.2) is 0 Å². The molecule has 0 aliphatic carbocycles. The predicted molar refractivity (Wildman–Crippen MR) is 107 cm³/mol. The number of carbonyl (C=O) groups excluding carboxylic acids is 3. The SMILES string of the molecule is CC(=O)O[C@H](C(=O)O)[C@H](c1ccccc1)N(C(=O)OC(C)(C)C)C(=O)OC(C)(C)C. The van der Waals surface area contributed by atoms with Crippen molar-refractivity contribution in [3.05, 3.63) is 35.9 Å². The van der Waals surface area contributed by atoms with E-state index in [1.165, 1.54) is 12.1 Å². The van der Waals surface area contributed by atoms with E-state index in [-0.39, 0.29) is 5.56 Å².